The largest absolute Gasteiger partial charge is 0.496 e. The Labute approximate surface area is 168 Å². The Hall–Kier alpha value is -2.08. The molecule has 1 aromatic rings. The van der Waals surface area contributed by atoms with Crippen molar-refractivity contribution in [1.82, 2.24) is 14.7 Å². The molecular weight excluding hydrogens is 354 g/mol. The fraction of sp³-hybridized carbons (Fsp3) is 0.636. The van der Waals surface area contributed by atoms with Crippen LogP contribution in [0.5, 0.6) is 5.75 Å². The van der Waals surface area contributed by atoms with Gasteiger partial charge in [0, 0.05) is 39.6 Å². The van der Waals surface area contributed by atoms with Crippen LogP contribution < -0.4 is 4.74 Å². The van der Waals surface area contributed by atoms with Crippen LogP contribution in [0.3, 0.4) is 0 Å². The summed E-state index contributed by atoms with van der Waals surface area (Å²) in [5.41, 5.74) is 1.25. The van der Waals surface area contributed by atoms with E-state index in [9.17, 15) is 9.59 Å². The molecule has 0 spiro atoms. The van der Waals surface area contributed by atoms with Crippen LogP contribution in [0, 0.1) is 5.92 Å². The number of carbonyl (C=O) groups excluding carboxylic acids is 2. The van der Waals surface area contributed by atoms with E-state index in [-0.39, 0.29) is 18.4 Å². The van der Waals surface area contributed by atoms with E-state index in [1.54, 1.807) is 12.0 Å². The molecule has 3 rings (SSSR count). The molecule has 2 saturated heterocycles. The van der Waals surface area contributed by atoms with Gasteiger partial charge >= 0.3 is 0 Å². The molecule has 1 atom stereocenters. The number of likely N-dealkylation sites (tertiary alicyclic amines) is 2. The predicted octanol–water partition coefficient (Wildman–Crippen LogP) is 2.03. The summed E-state index contributed by atoms with van der Waals surface area (Å²) in [6, 6.07) is 8.21. The van der Waals surface area contributed by atoms with Crippen molar-refractivity contribution in [3.8, 4) is 5.75 Å². The van der Waals surface area contributed by atoms with Gasteiger partial charge in [0.15, 0.2) is 0 Å². The minimum Gasteiger partial charge on any atom is -0.496 e. The minimum absolute atomic E-state index is 0.0568. The Morgan fingerprint density at radius 2 is 2.07 bits per heavy atom. The first-order chi connectivity index (χ1) is 13.6. The molecule has 154 valence electrons. The number of benzene rings is 1. The number of para-hydroxylation sites is 1. The number of hydrogen-bond donors (Lipinski definition) is 0. The third-order valence-corrected chi connectivity index (χ3v) is 5.95. The van der Waals surface area contributed by atoms with Gasteiger partial charge in [0.25, 0.3) is 0 Å². The second kappa shape index (κ2) is 9.92. The van der Waals surface area contributed by atoms with Gasteiger partial charge in [-0.05, 0) is 49.8 Å². The molecule has 2 heterocycles. The normalized spacial score (nSPS) is 20.4. The van der Waals surface area contributed by atoms with Crippen molar-refractivity contribution in [2.45, 2.75) is 32.1 Å². The average molecular weight is 388 g/mol. The number of methoxy groups -OCH3 is 1. The van der Waals surface area contributed by atoms with Crippen molar-refractivity contribution in [2.24, 2.45) is 5.92 Å². The lowest BCUT2D eigenvalue weighted by molar-refractivity contribution is -0.138. The van der Waals surface area contributed by atoms with Crippen LogP contribution in [0.15, 0.2) is 24.3 Å². The zero-order chi connectivity index (χ0) is 19.9. The lowest BCUT2D eigenvalue weighted by Crippen LogP contribution is -2.45. The molecule has 6 heteroatoms. The molecule has 2 aliphatic rings. The monoisotopic (exact) mass is 387 g/mol. The van der Waals surface area contributed by atoms with Crippen molar-refractivity contribution >= 4 is 11.8 Å². The van der Waals surface area contributed by atoms with E-state index in [2.05, 4.69) is 17.0 Å². The van der Waals surface area contributed by atoms with Gasteiger partial charge in [0.1, 0.15) is 5.75 Å². The zero-order valence-electron chi connectivity index (χ0n) is 17.2. The summed E-state index contributed by atoms with van der Waals surface area (Å²) < 4.78 is 5.46. The first-order valence-electron chi connectivity index (χ1n) is 10.4. The third kappa shape index (κ3) is 5.47. The number of likely N-dealkylation sites (N-methyl/N-ethyl adjacent to an activating group) is 1. The molecular formula is C22H33N3O3. The van der Waals surface area contributed by atoms with Gasteiger partial charge in [-0.3, -0.25) is 9.59 Å². The van der Waals surface area contributed by atoms with Gasteiger partial charge in [-0.25, -0.2) is 0 Å². The fourth-order valence-electron chi connectivity index (χ4n) is 4.34. The lowest BCUT2D eigenvalue weighted by atomic mass is 9.97. The highest BCUT2D eigenvalue weighted by atomic mass is 16.5. The van der Waals surface area contributed by atoms with E-state index < -0.39 is 0 Å². The van der Waals surface area contributed by atoms with Crippen molar-refractivity contribution in [1.29, 1.82) is 0 Å². The summed E-state index contributed by atoms with van der Waals surface area (Å²) in [6.07, 6.45) is 4.76. The molecule has 0 saturated carbocycles. The highest BCUT2D eigenvalue weighted by Gasteiger charge is 2.26. The second-order valence-electron chi connectivity index (χ2n) is 8.06. The highest BCUT2D eigenvalue weighted by Crippen LogP contribution is 2.21. The summed E-state index contributed by atoms with van der Waals surface area (Å²) in [6.45, 7) is 4.88. The topological polar surface area (TPSA) is 53.1 Å². The van der Waals surface area contributed by atoms with Gasteiger partial charge < -0.3 is 19.4 Å². The Morgan fingerprint density at radius 1 is 1.25 bits per heavy atom. The number of ether oxygens (including phenoxy) is 1. The zero-order valence-corrected chi connectivity index (χ0v) is 17.2. The first kappa shape index (κ1) is 20.6. The van der Waals surface area contributed by atoms with E-state index in [1.165, 1.54) is 12.0 Å². The second-order valence-corrected chi connectivity index (χ2v) is 8.06. The molecule has 0 aromatic heterocycles. The van der Waals surface area contributed by atoms with Crippen LogP contribution in [-0.4, -0.2) is 79.9 Å². The van der Waals surface area contributed by atoms with Gasteiger partial charge in [-0.2, -0.15) is 0 Å². The van der Waals surface area contributed by atoms with Crippen LogP contribution in [0.2, 0.25) is 0 Å². The van der Waals surface area contributed by atoms with Crippen LogP contribution in [-0.2, 0) is 16.0 Å². The highest BCUT2D eigenvalue weighted by molar-refractivity contribution is 5.85. The summed E-state index contributed by atoms with van der Waals surface area (Å²) in [7, 11) is 3.59. The van der Waals surface area contributed by atoms with Gasteiger partial charge in [0.05, 0.1) is 13.7 Å². The third-order valence-electron chi connectivity index (χ3n) is 5.95. The summed E-state index contributed by atoms with van der Waals surface area (Å²) in [5, 5.41) is 0. The van der Waals surface area contributed by atoms with Crippen molar-refractivity contribution < 1.29 is 14.3 Å². The molecule has 0 aliphatic carbocycles. The van der Waals surface area contributed by atoms with Crippen LogP contribution in [0.25, 0.3) is 0 Å². The first-order valence-corrected chi connectivity index (χ1v) is 10.4. The molecule has 1 aromatic carbocycles. The molecule has 2 aliphatic heterocycles. The summed E-state index contributed by atoms with van der Waals surface area (Å²) in [4.78, 5) is 30.2. The molecule has 6 nitrogen and oxygen atoms in total. The van der Waals surface area contributed by atoms with Crippen LogP contribution in [0.4, 0.5) is 0 Å². The van der Waals surface area contributed by atoms with Crippen LogP contribution >= 0.6 is 0 Å². The Kier molecular flexibility index (Phi) is 7.31. The maximum absolute atomic E-state index is 12.5. The number of amides is 2. The summed E-state index contributed by atoms with van der Waals surface area (Å²) >= 11 is 0. The number of rotatable bonds is 8. The SMILES string of the molecule is COc1ccccc1CCN1CCCC(CN(C)C(=O)CN2CCCC2=O)C1. The van der Waals surface area contributed by atoms with Gasteiger partial charge in [-0.1, -0.05) is 18.2 Å². The standard InChI is InChI=1S/C22H33N3O3/c1-23(22(27)17-25-13-6-10-21(25)26)15-18-7-5-12-24(16-18)14-11-19-8-3-4-9-20(19)28-2/h3-4,8-9,18H,5-7,10-17H2,1-2H3. The van der Waals surface area contributed by atoms with E-state index in [0.29, 0.717) is 12.3 Å². The van der Waals surface area contributed by atoms with Crippen molar-refractivity contribution in [3.63, 3.8) is 0 Å². The predicted molar refractivity (Wildman–Crippen MR) is 109 cm³/mol. The molecule has 0 N–H and O–H groups in total. The Morgan fingerprint density at radius 3 is 2.82 bits per heavy atom. The smallest absolute Gasteiger partial charge is 0.241 e. The fourth-order valence-corrected chi connectivity index (χ4v) is 4.34. The molecule has 0 radical (unpaired) electrons. The maximum Gasteiger partial charge on any atom is 0.241 e. The summed E-state index contributed by atoms with van der Waals surface area (Å²) in [5.74, 6) is 1.62. The molecule has 28 heavy (non-hydrogen) atoms. The molecule has 0 bridgehead atoms. The van der Waals surface area contributed by atoms with Gasteiger partial charge in [-0.15, -0.1) is 0 Å². The lowest BCUT2D eigenvalue weighted by Gasteiger charge is -2.35. The molecule has 1 unspecified atom stereocenters. The van der Waals surface area contributed by atoms with E-state index in [0.717, 1.165) is 57.7 Å². The maximum atomic E-state index is 12.5. The quantitative estimate of drug-likeness (QED) is 0.685. The van der Waals surface area contributed by atoms with Crippen molar-refractivity contribution in [2.75, 3.05) is 53.4 Å². The Balaban J connectivity index is 1.45. The number of nitrogens with zero attached hydrogens (tertiary/aromatic N) is 3. The van der Waals surface area contributed by atoms with Crippen molar-refractivity contribution in [3.05, 3.63) is 29.8 Å². The minimum atomic E-state index is 0.0568. The van der Waals surface area contributed by atoms with E-state index >= 15 is 0 Å². The number of carbonyl (C=O) groups is 2. The number of piperidine rings is 1. The van der Waals surface area contributed by atoms with Crippen LogP contribution in [0.1, 0.15) is 31.2 Å². The molecule has 2 fully saturated rings. The van der Waals surface area contributed by atoms with Gasteiger partial charge in [0.2, 0.25) is 11.8 Å². The average Bonchev–Trinajstić information content (AvgIpc) is 3.11. The molecule has 2 amide bonds. The Bertz CT molecular complexity index is 679. The van der Waals surface area contributed by atoms with E-state index in [4.69, 9.17) is 4.74 Å². The van der Waals surface area contributed by atoms with E-state index in [1.807, 2.05) is 24.1 Å². The number of hydrogen-bond acceptors (Lipinski definition) is 4.